The average Bonchev–Trinajstić information content (AvgIpc) is 2.70. The van der Waals surface area contributed by atoms with Crippen LogP contribution < -0.4 is 20.5 Å². The first-order chi connectivity index (χ1) is 13.4. The number of carbonyl (C=O) groups excluding carboxylic acids is 3. The molecule has 0 saturated carbocycles. The maximum Gasteiger partial charge on any atom is 0.331 e. The highest BCUT2D eigenvalue weighted by Gasteiger charge is 2.08. The van der Waals surface area contributed by atoms with Crippen LogP contribution in [0.1, 0.15) is 15.9 Å². The topological polar surface area (TPSA) is 117 Å². The van der Waals surface area contributed by atoms with Gasteiger partial charge in [0.25, 0.3) is 5.91 Å². The summed E-state index contributed by atoms with van der Waals surface area (Å²) in [7, 11) is 3.04. The molecule has 0 spiro atoms. The second kappa shape index (κ2) is 9.77. The van der Waals surface area contributed by atoms with Crippen molar-refractivity contribution in [1.29, 1.82) is 0 Å². The van der Waals surface area contributed by atoms with Crippen molar-refractivity contribution in [3.05, 3.63) is 59.7 Å². The van der Waals surface area contributed by atoms with Crippen LogP contribution in [-0.4, -0.2) is 38.6 Å². The molecule has 0 aliphatic rings. The van der Waals surface area contributed by atoms with Crippen molar-refractivity contribution in [2.45, 2.75) is 0 Å². The number of primary amides is 1. The molecule has 3 N–H and O–H groups in total. The minimum absolute atomic E-state index is 0.322. The lowest BCUT2D eigenvalue weighted by Gasteiger charge is -2.07. The predicted octanol–water partition coefficient (Wildman–Crippen LogP) is 2.00. The van der Waals surface area contributed by atoms with Crippen LogP contribution in [0.3, 0.4) is 0 Å². The van der Waals surface area contributed by atoms with Crippen molar-refractivity contribution in [1.82, 2.24) is 0 Å². The maximum absolute atomic E-state index is 11.9. The van der Waals surface area contributed by atoms with E-state index < -0.39 is 24.4 Å². The van der Waals surface area contributed by atoms with Gasteiger partial charge >= 0.3 is 5.97 Å². The number of ether oxygens (including phenoxy) is 3. The van der Waals surface area contributed by atoms with E-state index >= 15 is 0 Å². The lowest BCUT2D eigenvalue weighted by molar-refractivity contribution is -0.142. The van der Waals surface area contributed by atoms with Crippen molar-refractivity contribution in [3.63, 3.8) is 0 Å². The van der Waals surface area contributed by atoms with Crippen LogP contribution >= 0.6 is 0 Å². The van der Waals surface area contributed by atoms with Gasteiger partial charge in [-0.3, -0.25) is 9.59 Å². The normalized spacial score (nSPS) is 10.4. The molecule has 146 valence electrons. The molecule has 8 heteroatoms. The zero-order valence-corrected chi connectivity index (χ0v) is 15.4. The molecule has 8 nitrogen and oxygen atoms in total. The highest BCUT2D eigenvalue weighted by molar-refractivity contribution is 5.96. The average molecular weight is 384 g/mol. The Bertz CT molecular complexity index is 890. The Morgan fingerprint density at radius 2 is 1.75 bits per heavy atom. The quantitative estimate of drug-likeness (QED) is 0.531. The molecule has 0 unspecified atom stereocenters. The van der Waals surface area contributed by atoms with Crippen LogP contribution in [0.15, 0.2) is 48.5 Å². The lowest BCUT2D eigenvalue weighted by Crippen LogP contribution is -2.20. The van der Waals surface area contributed by atoms with E-state index in [4.69, 9.17) is 19.9 Å². The van der Waals surface area contributed by atoms with Gasteiger partial charge in [-0.1, -0.05) is 0 Å². The van der Waals surface area contributed by atoms with Crippen molar-refractivity contribution >= 4 is 29.5 Å². The minimum Gasteiger partial charge on any atom is -0.497 e. The van der Waals surface area contributed by atoms with E-state index in [9.17, 15) is 14.4 Å². The van der Waals surface area contributed by atoms with Crippen LogP contribution in [-0.2, 0) is 14.3 Å². The van der Waals surface area contributed by atoms with Gasteiger partial charge in [-0.2, -0.15) is 0 Å². The van der Waals surface area contributed by atoms with E-state index in [1.807, 2.05) is 0 Å². The van der Waals surface area contributed by atoms with Gasteiger partial charge in [0, 0.05) is 22.9 Å². The van der Waals surface area contributed by atoms with Gasteiger partial charge in [0.1, 0.15) is 11.5 Å². The van der Waals surface area contributed by atoms with Crippen LogP contribution in [0.4, 0.5) is 5.69 Å². The summed E-state index contributed by atoms with van der Waals surface area (Å²) in [6.45, 7) is -0.462. The molecule has 0 aliphatic heterocycles. The fraction of sp³-hybridized carbons (Fsp3) is 0.150. The molecule has 0 bridgehead atoms. The van der Waals surface area contributed by atoms with Crippen molar-refractivity contribution in [2.75, 3.05) is 26.1 Å². The number of rotatable bonds is 8. The van der Waals surface area contributed by atoms with E-state index in [1.165, 1.54) is 50.6 Å². The number of methoxy groups -OCH3 is 2. The van der Waals surface area contributed by atoms with Gasteiger partial charge in [-0.15, -0.1) is 0 Å². The lowest BCUT2D eigenvalue weighted by atomic mass is 10.1. The Morgan fingerprint density at radius 1 is 1.04 bits per heavy atom. The summed E-state index contributed by atoms with van der Waals surface area (Å²) in [6, 6.07) is 11.1. The summed E-state index contributed by atoms with van der Waals surface area (Å²) in [4.78, 5) is 34.7. The molecule has 0 saturated heterocycles. The van der Waals surface area contributed by atoms with E-state index in [0.717, 1.165) is 0 Å². The van der Waals surface area contributed by atoms with Crippen LogP contribution in [0.5, 0.6) is 11.5 Å². The van der Waals surface area contributed by atoms with E-state index in [0.29, 0.717) is 28.3 Å². The van der Waals surface area contributed by atoms with E-state index in [2.05, 4.69) is 5.32 Å². The number of hydrogen-bond donors (Lipinski definition) is 2. The number of esters is 1. The Balaban J connectivity index is 1.88. The van der Waals surface area contributed by atoms with Crippen molar-refractivity contribution in [3.8, 4) is 11.5 Å². The number of benzene rings is 2. The minimum atomic E-state index is -0.691. The number of anilines is 1. The van der Waals surface area contributed by atoms with Gasteiger partial charge in [-0.25, -0.2) is 4.79 Å². The molecule has 0 atom stereocenters. The summed E-state index contributed by atoms with van der Waals surface area (Å²) in [6.07, 6.45) is 2.69. The number of hydrogen-bond acceptors (Lipinski definition) is 6. The third-order valence-corrected chi connectivity index (χ3v) is 3.63. The van der Waals surface area contributed by atoms with Gasteiger partial charge < -0.3 is 25.3 Å². The Hall–Kier alpha value is -3.81. The Labute approximate surface area is 161 Å². The summed E-state index contributed by atoms with van der Waals surface area (Å²) in [5, 5.41) is 2.54. The molecule has 2 amide bonds. The van der Waals surface area contributed by atoms with E-state index in [-0.39, 0.29) is 0 Å². The molecule has 28 heavy (non-hydrogen) atoms. The van der Waals surface area contributed by atoms with Gasteiger partial charge in [0.2, 0.25) is 5.91 Å². The zero-order valence-electron chi connectivity index (χ0n) is 15.4. The summed E-state index contributed by atoms with van der Waals surface area (Å²) in [5.41, 5.74) is 6.54. The molecular weight excluding hydrogens is 364 g/mol. The Kier molecular flexibility index (Phi) is 7.15. The first-order valence-electron chi connectivity index (χ1n) is 8.19. The monoisotopic (exact) mass is 384 g/mol. The summed E-state index contributed by atoms with van der Waals surface area (Å²) < 4.78 is 15.3. The molecular formula is C20H20N2O6. The fourth-order valence-corrected chi connectivity index (χ4v) is 2.23. The van der Waals surface area contributed by atoms with Crippen molar-refractivity contribution in [2.24, 2.45) is 5.73 Å². The largest absolute Gasteiger partial charge is 0.497 e. The molecule has 0 fully saturated rings. The molecule has 0 aliphatic carbocycles. The molecule has 0 heterocycles. The number of amides is 2. The highest BCUT2D eigenvalue weighted by Crippen LogP contribution is 2.25. The first kappa shape index (κ1) is 20.5. The third kappa shape index (κ3) is 5.87. The number of nitrogens with one attached hydrogen (secondary N) is 1. The van der Waals surface area contributed by atoms with Gasteiger partial charge in [0.15, 0.2) is 6.61 Å². The van der Waals surface area contributed by atoms with Crippen LogP contribution in [0, 0.1) is 0 Å². The molecule has 2 rings (SSSR count). The van der Waals surface area contributed by atoms with Gasteiger partial charge in [0.05, 0.1) is 14.2 Å². The van der Waals surface area contributed by atoms with Crippen LogP contribution in [0.25, 0.3) is 6.08 Å². The van der Waals surface area contributed by atoms with Crippen LogP contribution in [0.2, 0.25) is 0 Å². The molecule has 2 aromatic rings. The third-order valence-electron chi connectivity index (χ3n) is 3.63. The summed E-state index contributed by atoms with van der Waals surface area (Å²) >= 11 is 0. The summed E-state index contributed by atoms with van der Waals surface area (Å²) in [5.74, 6) is -0.611. The second-order valence-corrected chi connectivity index (χ2v) is 5.54. The molecule has 0 aromatic heterocycles. The first-order valence-corrected chi connectivity index (χ1v) is 8.19. The molecule has 2 aromatic carbocycles. The second-order valence-electron chi connectivity index (χ2n) is 5.54. The predicted molar refractivity (Wildman–Crippen MR) is 103 cm³/mol. The molecule has 0 radical (unpaired) electrons. The van der Waals surface area contributed by atoms with Gasteiger partial charge in [-0.05, 0) is 48.5 Å². The highest BCUT2D eigenvalue weighted by atomic mass is 16.5. The smallest absolute Gasteiger partial charge is 0.331 e. The Morgan fingerprint density at radius 3 is 2.36 bits per heavy atom. The fourth-order valence-electron chi connectivity index (χ4n) is 2.23. The van der Waals surface area contributed by atoms with E-state index in [1.54, 1.807) is 18.2 Å². The maximum atomic E-state index is 11.9. The zero-order chi connectivity index (χ0) is 20.5. The van der Waals surface area contributed by atoms with Crippen molar-refractivity contribution < 1.29 is 28.6 Å². The SMILES string of the molecule is COc1ccc(OC)c(/C=C/C(=O)OCC(=O)Nc2ccc(C(N)=O)cc2)c1. The number of carbonyl (C=O) groups is 3. The number of nitrogens with two attached hydrogens (primary N) is 1. The standard InChI is InChI=1S/C20H20N2O6/c1-26-16-8-9-17(27-2)14(11-16)5-10-19(24)28-12-18(23)22-15-6-3-13(4-7-15)20(21)25/h3-11H,12H2,1-2H3,(H2,21,25)(H,22,23)/b10-5+.